The van der Waals surface area contributed by atoms with Crippen molar-refractivity contribution >= 4 is 6.09 Å². The summed E-state index contributed by atoms with van der Waals surface area (Å²) in [5.74, 6) is 0.0250. The standard InChI is InChI=1S/C16H25NO3/c1-5-10-17-16(19)20-15(11(2)3)14(18)13-9-7-6-8-12(13)4/h6-9,11,14-15,18H,5,10H2,1-4H3,(H,17,19)/t14-,15-/m0/s1. The summed E-state index contributed by atoms with van der Waals surface area (Å²) in [6, 6.07) is 7.60. The number of rotatable bonds is 6. The molecule has 0 spiro atoms. The number of ether oxygens (including phenoxy) is 1. The van der Waals surface area contributed by atoms with E-state index in [0.717, 1.165) is 17.5 Å². The summed E-state index contributed by atoms with van der Waals surface area (Å²) < 4.78 is 5.39. The maximum atomic E-state index is 11.7. The Hall–Kier alpha value is -1.55. The number of aliphatic hydroxyl groups is 1. The molecular weight excluding hydrogens is 254 g/mol. The smallest absolute Gasteiger partial charge is 0.407 e. The Balaban J connectivity index is 2.80. The molecule has 112 valence electrons. The summed E-state index contributed by atoms with van der Waals surface area (Å²) in [5.41, 5.74) is 1.79. The van der Waals surface area contributed by atoms with Crippen LogP contribution in [0.4, 0.5) is 4.79 Å². The van der Waals surface area contributed by atoms with Crippen molar-refractivity contribution in [3.8, 4) is 0 Å². The van der Waals surface area contributed by atoms with Crippen LogP contribution >= 0.6 is 0 Å². The molecule has 0 saturated heterocycles. The van der Waals surface area contributed by atoms with Crippen LogP contribution in [0.15, 0.2) is 24.3 Å². The molecule has 0 bridgehead atoms. The van der Waals surface area contributed by atoms with Gasteiger partial charge in [-0.05, 0) is 30.4 Å². The molecule has 1 amide bonds. The molecule has 0 aromatic heterocycles. The van der Waals surface area contributed by atoms with E-state index in [0.29, 0.717) is 6.54 Å². The zero-order valence-electron chi connectivity index (χ0n) is 12.7. The van der Waals surface area contributed by atoms with Crippen LogP contribution in [0, 0.1) is 12.8 Å². The molecule has 4 heteroatoms. The molecule has 0 heterocycles. The van der Waals surface area contributed by atoms with E-state index in [2.05, 4.69) is 5.32 Å². The fourth-order valence-electron chi connectivity index (χ4n) is 2.05. The van der Waals surface area contributed by atoms with Gasteiger partial charge in [0.25, 0.3) is 0 Å². The Kier molecular flexibility index (Phi) is 6.52. The zero-order chi connectivity index (χ0) is 15.1. The quantitative estimate of drug-likeness (QED) is 0.840. The first-order chi connectivity index (χ1) is 9.47. The van der Waals surface area contributed by atoms with Crippen molar-refractivity contribution in [1.82, 2.24) is 5.32 Å². The number of carbonyl (C=O) groups excluding carboxylic acids is 1. The highest BCUT2D eigenvalue weighted by Gasteiger charge is 2.28. The van der Waals surface area contributed by atoms with E-state index in [1.807, 2.05) is 52.0 Å². The highest BCUT2D eigenvalue weighted by atomic mass is 16.6. The lowest BCUT2D eigenvalue weighted by molar-refractivity contribution is -0.0231. The van der Waals surface area contributed by atoms with Gasteiger partial charge in [-0.1, -0.05) is 45.0 Å². The maximum absolute atomic E-state index is 11.7. The van der Waals surface area contributed by atoms with Gasteiger partial charge in [0, 0.05) is 6.54 Å². The fraction of sp³-hybridized carbons (Fsp3) is 0.562. The summed E-state index contributed by atoms with van der Waals surface area (Å²) in [5, 5.41) is 13.2. The van der Waals surface area contributed by atoms with Gasteiger partial charge in [0.2, 0.25) is 0 Å². The van der Waals surface area contributed by atoms with Crippen LogP contribution in [0.3, 0.4) is 0 Å². The normalized spacial score (nSPS) is 13.9. The van der Waals surface area contributed by atoms with Gasteiger partial charge in [0.15, 0.2) is 0 Å². The first-order valence-electron chi connectivity index (χ1n) is 7.15. The largest absolute Gasteiger partial charge is 0.443 e. The van der Waals surface area contributed by atoms with Gasteiger partial charge in [-0.15, -0.1) is 0 Å². The number of hydrogen-bond donors (Lipinski definition) is 2. The molecule has 0 saturated carbocycles. The third kappa shape index (κ3) is 4.53. The Morgan fingerprint density at radius 2 is 2.00 bits per heavy atom. The Morgan fingerprint density at radius 1 is 1.35 bits per heavy atom. The summed E-state index contributed by atoms with van der Waals surface area (Å²) in [6.07, 6.45) is -1.00. The molecule has 2 atom stereocenters. The molecule has 1 rings (SSSR count). The van der Waals surface area contributed by atoms with Crippen molar-refractivity contribution in [2.75, 3.05) is 6.54 Å². The summed E-state index contributed by atoms with van der Waals surface area (Å²) in [4.78, 5) is 11.7. The number of carbonyl (C=O) groups is 1. The van der Waals surface area contributed by atoms with Crippen molar-refractivity contribution in [2.45, 2.75) is 46.3 Å². The van der Waals surface area contributed by atoms with Gasteiger partial charge in [-0.3, -0.25) is 0 Å². The predicted octanol–water partition coefficient (Wildman–Crippen LogP) is 3.19. The van der Waals surface area contributed by atoms with Gasteiger partial charge in [0.1, 0.15) is 12.2 Å². The second-order valence-corrected chi connectivity index (χ2v) is 5.34. The van der Waals surface area contributed by atoms with Crippen LogP contribution in [0.1, 0.15) is 44.4 Å². The minimum absolute atomic E-state index is 0.0250. The lowest BCUT2D eigenvalue weighted by Crippen LogP contribution is -2.35. The van der Waals surface area contributed by atoms with E-state index in [1.165, 1.54) is 0 Å². The van der Waals surface area contributed by atoms with Gasteiger partial charge in [0.05, 0.1) is 0 Å². The number of alkyl carbamates (subject to hydrolysis) is 1. The number of aliphatic hydroxyl groups excluding tert-OH is 1. The molecule has 0 unspecified atom stereocenters. The molecule has 1 aromatic rings. The maximum Gasteiger partial charge on any atom is 0.407 e. The van der Waals surface area contributed by atoms with E-state index >= 15 is 0 Å². The van der Waals surface area contributed by atoms with E-state index in [4.69, 9.17) is 4.74 Å². The minimum Gasteiger partial charge on any atom is -0.443 e. The van der Waals surface area contributed by atoms with Crippen LogP contribution in [-0.2, 0) is 4.74 Å². The predicted molar refractivity (Wildman–Crippen MR) is 79.5 cm³/mol. The Morgan fingerprint density at radius 3 is 2.55 bits per heavy atom. The first kappa shape index (κ1) is 16.5. The van der Waals surface area contributed by atoms with E-state index in [-0.39, 0.29) is 5.92 Å². The number of aryl methyl sites for hydroxylation is 1. The monoisotopic (exact) mass is 279 g/mol. The van der Waals surface area contributed by atoms with Gasteiger partial charge >= 0.3 is 6.09 Å². The molecule has 4 nitrogen and oxygen atoms in total. The van der Waals surface area contributed by atoms with Crippen molar-refractivity contribution in [2.24, 2.45) is 5.92 Å². The third-order valence-corrected chi connectivity index (χ3v) is 3.24. The highest BCUT2D eigenvalue weighted by molar-refractivity contribution is 5.67. The van der Waals surface area contributed by atoms with Crippen molar-refractivity contribution in [3.63, 3.8) is 0 Å². The lowest BCUT2D eigenvalue weighted by atomic mass is 9.93. The second-order valence-electron chi connectivity index (χ2n) is 5.34. The molecule has 0 radical (unpaired) electrons. The van der Waals surface area contributed by atoms with Gasteiger partial charge < -0.3 is 15.2 Å². The lowest BCUT2D eigenvalue weighted by Gasteiger charge is -2.27. The zero-order valence-corrected chi connectivity index (χ0v) is 12.7. The van der Waals surface area contributed by atoms with Crippen LogP contribution in [0.2, 0.25) is 0 Å². The summed E-state index contributed by atoms with van der Waals surface area (Å²) >= 11 is 0. The average molecular weight is 279 g/mol. The molecule has 2 N–H and O–H groups in total. The van der Waals surface area contributed by atoms with Gasteiger partial charge in [-0.2, -0.15) is 0 Å². The van der Waals surface area contributed by atoms with Crippen LogP contribution < -0.4 is 5.32 Å². The molecule has 1 aromatic carbocycles. The van der Waals surface area contributed by atoms with Crippen molar-refractivity contribution in [1.29, 1.82) is 0 Å². The molecular formula is C16H25NO3. The third-order valence-electron chi connectivity index (χ3n) is 3.24. The van der Waals surface area contributed by atoms with E-state index < -0.39 is 18.3 Å². The fourth-order valence-corrected chi connectivity index (χ4v) is 2.05. The summed E-state index contributed by atoms with van der Waals surface area (Å²) in [6.45, 7) is 8.35. The second kappa shape index (κ2) is 7.90. The van der Waals surface area contributed by atoms with E-state index in [9.17, 15) is 9.90 Å². The Labute approximate surface area is 121 Å². The number of hydrogen-bond acceptors (Lipinski definition) is 3. The SMILES string of the molecule is CCCNC(=O)O[C@@H](C(C)C)[C@@H](O)c1ccccc1C. The first-order valence-corrected chi connectivity index (χ1v) is 7.15. The molecule has 0 fully saturated rings. The molecule has 20 heavy (non-hydrogen) atoms. The molecule has 0 aliphatic heterocycles. The summed E-state index contributed by atoms with van der Waals surface area (Å²) in [7, 11) is 0. The van der Waals surface area contributed by atoms with Gasteiger partial charge in [-0.25, -0.2) is 4.79 Å². The van der Waals surface area contributed by atoms with Crippen molar-refractivity contribution < 1.29 is 14.6 Å². The highest BCUT2D eigenvalue weighted by Crippen LogP contribution is 2.27. The molecule has 0 aliphatic carbocycles. The van der Waals surface area contributed by atoms with Crippen LogP contribution in [0.5, 0.6) is 0 Å². The van der Waals surface area contributed by atoms with Crippen LogP contribution in [-0.4, -0.2) is 23.8 Å². The number of benzene rings is 1. The average Bonchev–Trinajstić information content (AvgIpc) is 2.42. The number of nitrogens with one attached hydrogen (secondary N) is 1. The molecule has 0 aliphatic rings. The van der Waals surface area contributed by atoms with E-state index in [1.54, 1.807) is 0 Å². The minimum atomic E-state index is -0.816. The number of amides is 1. The van der Waals surface area contributed by atoms with Crippen LogP contribution in [0.25, 0.3) is 0 Å². The topological polar surface area (TPSA) is 58.6 Å². The van der Waals surface area contributed by atoms with Crippen molar-refractivity contribution in [3.05, 3.63) is 35.4 Å². The Bertz CT molecular complexity index is 431.